The predicted octanol–water partition coefficient (Wildman–Crippen LogP) is 1.04. The van der Waals surface area contributed by atoms with Crippen molar-refractivity contribution in [3.05, 3.63) is 29.8 Å². The molecule has 2 N–H and O–H groups in total. The molecule has 1 aromatic carbocycles. The highest BCUT2D eigenvalue weighted by molar-refractivity contribution is 7.89. The van der Waals surface area contributed by atoms with Gasteiger partial charge in [-0.3, -0.25) is 9.59 Å². The van der Waals surface area contributed by atoms with Crippen molar-refractivity contribution in [3.8, 4) is 0 Å². The number of rotatable bonds is 6. The SMILES string of the molecule is Cc1ccc(S(=O)(=O)N2CCC(NC(=O)CNC(=O)C3CC3C)CC2)cc1. The lowest BCUT2D eigenvalue weighted by Gasteiger charge is -2.31. The van der Waals surface area contributed by atoms with Crippen LogP contribution in [0, 0.1) is 18.8 Å². The fourth-order valence-corrected chi connectivity index (χ4v) is 4.83. The van der Waals surface area contributed by atoms with Crippen LogP contribution in [0.3, 0.4) is 0 Å². The Labute approximate surface area is 160 Å². The summed E-state index contributed by atoms with van der Waals surface area (Å²) in [4.78, 5) is 24.1. The van der Waals surface area contributed by atoms with Gasteiger partial charge in [0, 0.05) is 25.0 Å². The molecule has 148 valence electrons. The van der Waals surface area contributed by atoms with E-state index < -0.39 is 10.0 Å². The normalized spacial score (nSPS) is 23.6. The van der Waals surface area contributed by atoms with Crippen LogP contribution in [0.25, 0.3) is 0 Å². The van der Waals surface area contributed by atoms with Gasteiger partial charge < -0.3 is 10.6 Å². The van der Waals surface area contributed by atoms with Crippen molar-refractivity contribution >= 4 is 21.8 Å². The Morgan fingerprint density at radius 3 is 2.30 bits per heavy atom. The van der Waals surface area contributed by atoms with E-state index >= 15 is 0 Å². The molecule has 7 nitrogen and oxygen atoms in total. The van der Waals surface area contributed by atoms with Crippen molar-refractivity contribution < 1.29 is 18.0 Å². The first-order valence-electron chi connectivity index (χ1n) is 9.41. The Morgan fingerprint density at radius 1 is 1.15 bits per heavy atom. The molecule has 0 radical (unpaired) electrons. The average molecular weight is 394 g/mol. The van der Waals surface area contributed by atoms with Gasteiger partial charge in [0.25, 0.3) is 0 Å². The van der Waals surface area contributed by atoms with Gasteiger partial charge >= 0.3 is 0 Å². The highest BCUT2D eigenvalue weighted by Gasteiger charge is 2.39. The van der Waals surface area contributed by atoms with Gasteiger partial charge in [-0.25, -0.2) is 8.42 Å². The summed E-state index contributed by atoms with van der Waals surface area (Å²) in [6.45, 7) is 4.64. The lowest BCUT2D eigenvalue weighted by atomic mass is 10.1. The smallest absolute Gasteiger partial charge is 0.243 e. The van der Waals surface area contributed by atoms with Crippen molar-refractivity contribution in [2.24, 2.45) is 11.8 Å². The predicted molar refractivity (Wildman–Crippen MR) is 101 cm³/mol. The summed E-state index contributed by atoms with van der Waals surface area (Å²) >= 11 is 0. The molecule has 2 fully saturated rings. The minimum absolute atomic E-state index is 0.0239. The zero-order valence-electron chi connectivity index (χ0n) is 15.8. The van der Waals surface area contributed by atoms with Crippen LogP contribution in [0.5, 0.6) is 0 Å². The molecule has 2 aliphatic rings. The Morgan fingerprint density at radius 2 is 1.74 bits per heavy atom. The molecule has 1 saturated carbocycles. The average Bonchev–Trinajstić information content (AvgIpc) is 3.37. The minimum atomic E-state index is -3.50. The van der Waals surface area contributed by atoms with Crippen LogP contribution in [0.15, 0.2) is 29.2 Å². The molecule has 2 amide bonds. The number of benzene rings is 1. The van der Waals surface area contributed by atoms with Crippen molar-refractivity contribution in [1.82, 2.24) is 14.9 Å². The monoisotopic (exact) mass is 393 g/mol. The van der Waals surface area contributed by atoms with Crippen molar-refractivity contribution in [1.29, 1.82) is 0 Å². The summed E-state index contributed by atoms with van der Waals surface area (Å²) in [5.41, 5.74) is 1.01. The fourth-order valence-electron chi connectivity index (χ4n) is 3.36. The van der Waals surface area contributed by atoms with Crippen molar-refractivity contribution in [3.63, 3.8) is 0 Å². The molecule has 0 aromatic heterocycles. The van der Waals surface area contributed by atoms with E-state index in [1.54, 1.807) is 24.3 Å². The second-order valence-electron chi connectivity index (χ2n) is 7.60. The lowest BCUT2D eigenvalue weighted by molar-refractivity contribution is -0.127. The number of piperidine rings is 1. The maximum absolute atomic E-state index is 12.7. The van der Waals surface area contributed by atoms with Crippen LogP contribution >= 0.6 is 0 Å². The van der Waals surface area contributed by atoms with Crippen LogP contribution in [-0.4, -0.2) is 50.2 Å². The fraction of sp³-hybridized carbons (Fsp3) is 0.579. The van der Waals surface area contributed by atoms with E-state index in [4.69, 9.17) is 0 Å². The molecule has 1 aliphatic heterocycles. The number of aryl methyl sites for hydroxylation is 1. The molecule has 1 aromatic rings. The Balaban J connectivity index is 1.45. The van der Waals surface area contributed by atoms with Crippen LogP contribution in [0.4, 0.5) is 0 Å². The summed E-state index contributed by atoms with van der Waals surface area (Å²) in [6.07, 6.45) is 2.01. The second-order valence-corrected chi connectivity index (χ2v) is 9.53. The molecule has 27 heavy (non-hydrogen) atoms. The van der Waals surface area contributed by atoms with Gasteiger partial charge in [0.2, 0.25) is 21.8 Å². The van der Waals surface area contributed by atoms with E-state index in [9.17, 15) is 18.0 Å². The van der Waals surface area contributed by atoms with Crippen LogP contribution < -0.4 is 10.6 Å². The van der Waals surface area contributed by atoms with Gasteiger partial charge in [0.05, 0.1) is 11.4 Å². The molecule has 2 atom stereocenters. The van der Waals surface area contributed by atoms with Gasteiger partial charge in [-0.05, 0) is 44.2 Å². The maximum atomic E-state index is 12.7. The van der Waals surface area contributed by atoms with E-state index in [1.807, 2.05) is 13.8 Å². The third-order valence-corrected chi connectivity index (χ3v) is 7.26. The number of amides is 2. The largest absolute Gasteiger partial charge is 0.352 e. The van der Waals surface area contributed by atoms with Crippen LogP contribution in [0.1, 0.15) is 31.7 Å². The molecule has 0 spiro atoms. The number of carbonyl (C=O) groups excluding carboxylic acids is 2. The molecule has 0 bridgehead atoms. The molecule has 8 heteroatoms. The van der Waals surface area contributed by atoms with Crippen LogP contribution in [0.2, 0.25) is 0 Å². The van der Waals surface area contributed by atoms with Gasteiger partial charge in [-0.1, -0.05) is 24.6 Å². The zero-order chi connectivity index (χ0) is 19.6. The molecule has 1 aliphatic carbocycles. The number of hydrogen-bond acceptors (Lipinski definition) is 4. The maximum Gasteiger partial charge on any atom is 0.243 e. The van der Waals surface area contributed by atoms with Gasteiger partial charge in [0.1, 0.15) is 0 Å². The van der Waals surface area contributed by atoms with E-state index in [-0.39, 0.29) is 30.3 Å². The van der Waals surface area contributed by atoms with Crippen LogP contribution in [-0.2, 0) is 19.6 Å². The summed E-state index contributed by atoms with van der Waals surface area (Å²) in [5.74, 6) is 0.175. The first-order valence-corrected chi connectivity index (χ1v) is 10.9. The van der Waals surface area contributed by atoms with E-state index in [0.29, 0.717) is 36.7 Å². The molecule has 3 rings (SSSR count). The highest BCUT2D eigenvalue weighted by Crippen LogP contribution is 2.37. The van der Waals surface area contributed by atoms with Crippen molar-refractivity contribution in [2.45, 2.75) is 44.0 Å². The third-order valence-electron chi connectivity index (χ3n) is 5.35. The number of carbonyl (C=O) groups is 2. The van der Waals surface area contributed by atoms with E-state index in [1.165, 1.54) is 4.31 Å². The zero-order valence-corrected chi connectivity index (χ0v) is 16.6. The topological polar surface area (TPSA) is 95.6 Å². The Hall–Kier alpha value is -1.93. The Bertz CT molecular complexity index is 799. The minimum Gasteiger partial charge on any atom is -0.352 e. The molecule has 1 saturated heterocycles. The lowest BCUT2D eigenvalue weighted by Crippen LogP contribution is -2.48. The van der Waals surface area contributed by atoms with Gasteiger partial charge in [-0.2, -0.15) is 4.31 Å². The van der Waals surface area contributed by atoms with E-state index in [2.05, 4.69) is 10.6 Å². The number of nitrogens with zero attached hydrogens (tertiary/aromatic N) is 1. The summed E-state index contributed by atoms with van der Waals surface area (Å²) in [5, 5.41) is 5.56. The molecular weight excluding hydrogens is 366 g/mol. The third kappa shape index (κ3) is 4.87. The Kier molecular flexibility index (Phi) is 5.86. The second kappa shape index (κ2) is 7.98. The van der Waals surface area contributed by atoms with E-state index in [0.717, 1.165) is 12.0 Å². The number of nitrogens with one attached hydrogen (secondary N) is 2. The standard InChI is InChI=1S/C19H27N3O4S/c1-13-3-5-16(6-4-13)27(25,26)22-9-7-15(8-10-22)21-18(23)12-20-19(24)17-11-14(17)2/h3-6,14-15,17H,7-12H2,1-2H3,(H,20,24)(H,21,23). The highest BCUT2D eigenvalue weighted by atomic mass is 32.2. The molecule has 2 unspecified atom stereocenters. The van der Waals surface area contributed by atoms with Crippen molar-refractivity contribution in [2.75, 3.05) is 19.6 Å². The number of hydrogen-bond donors (Lipinski definition) is 2. The summed E-state index contributed by atoms with van der Waals surface area (Å²) < 4.78 is 26.9. The van der Waals surface area contributed by atoms with Gasteiger partial charge in [-0.15, -0.1) is 0 Å². The quantitative estimate of drug-likeness (QED) is 0.755. The first-order chi connectivity index (χ1) is 12.8. The molecule has 1 heterocycles. The van der Waals surface area contributed by atoms with Gasteiger partial charge in [0.15, 0.2) is 0 Å². The summed E-state index contributed by atoms with van der Waals surface area (Å²) in [6, 6.07) is 6.76. The molecular formula is C19H27N3O4S. The first kappa shape index (κ1) is 19.8. The number of sulfonamides is 1. The summed E-state index contributed by atoms with van der Waals surface area (Å²) in [7, 11) is -3.50.